The van der Waals surface area contributed by atoms with Crippen LogP contribution in [0.1, 0.15) is 54.1 Å². The second-order valence-electron chi connectivity index (χ2n) is 11.2. The molecule has 1 amide bonds. The molecule has 8 nitrogen and oxygen atoms in total. The Hall–Kier alpha value is -3.41. The third kappa shape index (κ3) is 5.02. The highest BCUT2D eigenvalue weighted by atomic mass is 16.5. The van der Waals surface area contributed by atoms with Gasteiger partial charge in [-0.15, -0.1) is 12.3 Å². The van der Waals surface area contributed by atoms with Gasteiger partial charge in [0.05, 0.1) is 11.7 Å². The van der Waals surface area contributed by atoms with Crippen LogP contribution in [0.3, 0.4) is 0 Å². The molecule has 3 atom stereocenters. The van der Waals surface area contributed by atoms with Crippen LogP contribution >= 0.6 is 0 Å². The monoisotopic (exact) mass is 526 g/mol. The number of carbonyl (C=O) groups excluding carboxylic acids is 1. The standard InChI is InChI=1S/C31H38N6O2/c1-4-9-23-18-35(16-17-37(23)29(38)5-2)30-26-19-36(28-14-13-22-10-6-7-12-25(22)28)20-27(26)32-31(33-30)39-21-24-11-8-15-34(24)3/h1,5-7,10,12,23-24,28H,2,8-9,11,13-21H2,3H3/t23-,24?,28?/m0/s1. The molecule has 4 aliphatic rings. The van der Waals surface area contributed by atoms with E-state index in [2.05, 4.69) is 58.5 Å². The topological polar surface area (TPSA) is 65.0 Å². The maximum Gasteiger partial charge on any atom is 0.318 e. The Morgan fingerprint density at radius 3 is 2.85 bits per heavy atom. The lowest BCUT2D eigenvalue weighted by Crippen LogP contribution is -2.55. The van der Waals surface area contributed by atoms with Gasteiger partial charge in [-0.2, -0.15) is 9.97 Å². The molecular formula is C31H38N6O2. The lowest BCUT2D eigenvalue weighted by atomic mass is 10.1. The summed E-state index contributed by atoms with van der Waals surface area (Å²) in [5, 5.41) is 0. The molecule has 1 aliphatic carbocycles. The molecular weight excluding hydrogens is 488 g/mol. The van der Waals surface area contributed by atoms with Crippen LogP contribution in [0.4, 0.5) is 5.82 Å². The molecule has 6 rings (SSSR count). The van der Waals surface area contributed by atoms with E-state index in [0.717, 1.165) is 50.4 Å². The third-order valence-electron chi connectivity index (χ3n) is 8.98. The minimum atomic E-state index is -0.0874. The van der Waals surface area contributed by atoms with Gasteiger partial charge < -0.3 is 19.4 Å². The molecule has 39 heavy (non-hydrogen) atoms. The Morgan fingerprint density at radius 1 is 1.18 bits per heavy atom. The number of carbonyl (C=O) groups is 1. The number of rotatable bonds is 7. The first-order valence-electron chi connectivity index (χ1n) is 14.2. The molecule has 1 aromatic carbocycles. The zero-order valence-electron chi connectivity index (χ0n) is 22.9. The SMILES string of the molecule is C#CC[C@H]1CN(c2nc(OCC3CCCN3C)nc3c2CN(C2CCc4ccccc42)C3)CCN1C(=O)C=C. The van der Waals surface area contributed by atoms with Crippen LogP contribution in [0.25, 0.3) is 0 Å². The van der Waals surface area contributed by atoms with Gasteiger partial charge in [-0.05, 0) is 56.5 Å². The Bertz CT molecular complexity index is 1290. The van der Waals surface area contributed by atoms with Crippen molar-refractivity contribution >= 4 is 11.7 Å². The van der Waals surface area contributed by atoms with Gasteiger partial charge in [0.1, 0.15) is 12.4 Å². The van der Waals surface area contributed by atoms with Crippen LogP contribution in [0.15, 0.2) is 36.9 Å². The van der Waals surface area contributed by atoms with Crippen LogP contribution in [0.5, 0.6) is 6.01 Å². The minimum absolute atomic E-state index is 0.0707. The summed E-state index contributed by atoms with van der Waals surface area (Å²) in [6, 6.07) is 9.96. The van der Waals surface area contributed by atoms with Gasteiger partial charge in [0.15, 0.2) is 0 Å². The van der Waals surface area contributed by atoms with Crippen molar-refractivity contribution in [3.05, 3.63) is 59.3 Å². The number of aryl methyl sites for hydroxylation is 1. The Balaban J connectivity index is 1.29. The van der Waals surface area contributed by atoms with Gasteiger partial charge in [0, 0.05) is 56.8 Å². The number of ether oxygens (including phenoxy) is 1. The molecule has 0 N–H and O–H groups in total. The van der Waals surface area contributed by atoms with E-state index in [9.17, 15) is 4.79 Å². The number of anilines is 1. The molecule has 2 aromatic rings. The van der Waals surface area contributed by atoms with Crippen molar-refractivity contribution in [1.29, 1.82) is 0 Å². The summed E-state index contributed by atoms with van der Waals surface area (Å²) in [5.74, 6) is 3.62. The molecule has 2 unspecified atom stereocenters. The van der Waals surface area contributed by atoms with Crippen molar-refractivity contribution in [3.63, 3.8) is 0 Å². The number of likely N-dealkylation sites (tertiary alicyclic amines) is 1. The molecule has 1 aromatic heterocycles. The van der Waals surface area contributed by atoms with Gasteiger partial charge in [-0.25, -0.2) is 0 Å². The molecule has 4 heterocycles. The van der Waals surface area contributed by atoms with Crippen molar-refractivity contribution in [3.8, 4) is 18.4 Å². The summed E-state index contributed by atoms with van der Waals surface area (Å²) in [4.78, 5) is 31.5. The van der Waals surface area contributed by atoms with Gasteiger partial charge in [0.25, 0.3) is 0 Å². The van der Waals surface area contributed by atoms with E-state index in [1.165, 1.54) is 29.2 Å². The molecule has 3 aliphatic heterocycles. The normalized spacial score (nSPS) is 24.9. The quantitative estimate of drug-likeness (QED) is 0.406. The highest BCUT2D eigenvalue weighted by Gasteiger charge is 2.37. The van der Waals surface area contributed by atoms with Crippen molar-refractivity contribution in [1.82, 2.24) is 24.7 Å². The van der Waals surface area contributed by atoms with Crippen LogP contribution in [-0.4, -0.2) is 82.5 Å². The van der Waals surface area contributed by atoms with Crippen molar-refractivity contribution in [2.75, 3.05) is 44.7 Å². The molecule has 0 saturated carbocycles. The predicted octanol–water partition coefficient (Wildman–Crippen LogP) is 3.18. The Kier molecular flexibility index (Phi) is 7.28. The van der Waals surface area contributed by atoms with E-state index in [1.54, 1.807) is 0 Å². The van der Waals surface area contributed by atoms with Crippen LogP contribution in [0.2, 0.25) is 0 Å². The maximum absolute atomic E-state index is 12.5. The largest absolute Gasteiger partial charge is 0.462 e. The van der Waals surface area contributed by atoms with E-state index >= 15 is 0 Å². The predicted molar refractivity (Wildman–Crippen MR) is 151 cm³/mol. The summed E-state index contributed by atoms with van der Waals surface area (Å²) < 4.78 is 6.27. The first-order valence-corrected chi connectivity index (χ1v) is 14.2. The van der Waals surface area contributed by atoms with E-state index in [4.69, 9.17) is 21.1 Å². The zero-order chi connectivity index (χ0) is 26.9. The Morgan fingerprint density at radius 2 is 2.05 bits per heavy atom. The fourth-order valence-corrected chi connectivity index (χ4v) is 6.83. The molecule has 0 radical (unpaired) electrons. The highest BCUT2D eigenvalue weighted by molar-refractivity contribution is 5.87. The van der Waals surface area contributed by atoms with E-state index in [0.29, 0.717) is 50.8 Å². The smallest absolute Gasteiger partial charge is 0.318 e. The number of fused-ring (bicyclic) bond motifs is 2. The summed E-state index contributed by atoms with van der Waals surface area (Å²) >= 11 is 0. The first-order chi connectivity index (χ1) is 19.1. The summed E-state index contributed by atoms with van der Waals surface area (Å²) in [6.07, 6.45) is 12.2. The van der Waals surface area contributed by atoms with Crippen LogP contribution < -0.4 is 9.64 Å². The summed E-state index contributed by atoms with van der Waals surface area (Å²) in [6.45, 7) is 8.86. The zero-order valence-corrected chi connectivity index (χ0v) is 22.9. The van der Waals surface area contributed by atoms with Crippen molar-refractivity contribution in [2.24, 2.45) is 0 Å². The summed E-state index contributed by atoms with van der Waals surface area (Å²) in [7, 11) is 2.16. The van der Waals surface area contributed by atoms with Crippen LogP contribution in [-0.2, 0) is 24.3 Å². The second kappa shape index (κ2) is 11.0. The maximum atomic E-state index is 12.5. The minimum Gasteiger partial charge on any atom is -0.462 e. The van der Waals surface area contributed by atoms with E-state index < -0.39 is 0 Å². The number of piperazine rings is 1. The van der Waals surface area contributed by atoms with Gasteiger partial charge >= 0.3 is 6.01 Å². The second-order valence-corrected chi connectivity index (χ2v) is 11.2. The molecule has 8 heteroatoms. The number of benzene rings is 1. The fourth-order valence-electron chi connectivity index (χ4n) is 6.83. The van der Waals surface area contributed by atoms with Crippen molar-refractivity contribution in [2.45, 2.75) is 63.3 Å². The lowest BCUT2D eigenvalue weighted by Gasteiger charge is -2.41. The molecule has 2 saturated heterocycles. The van der Waals surface area contributed by atoms with Crippen LogP contribution in [0, 0.1) is 12.3 Å². The molecule has 0 spiro atoms. The van der Waals surface area contributed by atoms with Gasteiger partial charge in [0.2, 0.25) is 5.91 Å². The number of likely N-dealkylation sites (N-methyl/N-ethyl adjacent to an activating group) is 1. The average molecular weight is 527 g/mol. The molecule has 2 fully saturated rings. The lowest BCUT2D eigenvalue weighted by molar-refractivity contribution is -0.128. The van der Waals surface area contributed by atoms with E-state index in [-0.39, 0.29) is 11.9 Å². The Labute approximate surface area is 231 Å². The molecule has 0 bridgehead atoms. The number of nitrogens with zero attached hydrogens (tertiary/aromatic N) is 6. The third-order valence-corrected chi connectivity index (χ3v) is 8.98. The number of terminal acetylenes is 1. The average Bonchev–Trinajstić information content (AvgIpc) is 3.69. The summed E-state index contributed by atoms with van der Waals surface area (Å²) in [5.41, 5.74) is 5.12. The number of hydrogen-bond acceptors (Lipinski definition) is 7. The first kappa shape index (κ1) is 25.8. The number of hydrogen-bond donors (Lipinski definition) is 0. The fraction of sp³-hybridized carbons (Fsp3) is 0.516. The molecule has 204 valence electrons. The number of amides is 1. The van der Waals surface area contributed by atoms with Gasteiger partial charge in [-0.1, -0.05) is 30.8 Å². The van der Waals surface area contributed by atoms with E-state index in [1.807, 2.05) is 4.90 Å². The number of aromatic nitrogens is 2. The van der Waals surface area contributed by atoms with Crippen molar-refractivity contribution < 1.29 is 9.53 Å². The highest BCUT2D eigenvalue weighted by Crippen LogP contribution is 2.42. The van der Waals surface area contributed by atoms with Gasteiger partial charge in [-0.3, -0.25) is 9.69 Å².